The van der Waals surface area contributed by atoms with Gasteiger partial charge in [0.15, 0.2) is 17.3 Å². The van der Waals surface area contributed by atoms with Crippen LogP contribution in [0.3, 0.4) is 0 Å². The highest BCUT2D eigenvalue weighted by molar-refractivity contribution is 7.17. The maximum absolute atomic E-state index is 13.0. The molecular formula is C28H34N8O7S. The van der Waals surface area contributed by atoms with Crippen LogP contribution in [0.4, 0.5) is 17.2 Å². The van der Waals surface area contributed by atoms with E-state index in [0.717, 1.165) is 32.4 Å². The lowest BCUT2D eigenvalue weighted by Gasteiger charge is -2.18. The number of ether oxygens (including phenoxy) is 1. The highest BCUT2D eigenvalue weighted by Gasteiger charge is 2.31. The van der Waals surface area contributed by atoms with E-state index < -0.39 is 17.7 Å². The minimum Gasteiger partial charge on any atom is -0.494 e. The van der Waals surface area contributed by atoms with E-state index in [1.807, 2.05) is 0 Å². The maximum atomic E-state index is 13.0. The molecule has 3 amide bonds. The molecule has 1 saturated heterocycles. The summed E-state index contributed by atoms with van der Waals surface area (Å²) in [7, 11) is 3.52. The number of likely N-dealkylation sites (tertiary alicyclic amines) is 1. The Morgan fingerprint density at radius 2 is 1.89 bits per heavy atom. The van der Waals surface area contributed by atoms with Gasteiger partial charge in [-0.05, 0) is 57.8 Å². The predicted molar refractivity (Wildman–Crippen MR) is 160 cm³/mol. The van der Waals surface area contributed by atoms with Crippen LogP contribution in [-0.4, -0.2) is 93.0 Å². The molecule has 2 aliphatic rings. The third-order valence-electron chi connectivity index (χ3n) is 7.25. The first-order valence-electron chi connectivity index (χ1n) is 14.0. The Balaban J connectivity index is 1.42. The number of amides is 3. The second-order valence-electron chi connectivity index (χ2n) is 10.9. The van der Waals surface area contributed by atoms with Gasteiger partial charge in [0.1, 0.15) is 9.88 Å². The average Bonchev–Trinajstić information content (AvgIpc) is 3.63. The quantitative estimate of drug-likeness (QED) is 0.149. The SMILES string of the molecule is COc1c(Nc2cc(NC(=O)C3CC3)nnc2C(=O)NC(O)(O)O)cccc1-c1nc(C)c(C(=O)NCC2CCN(C)C2)s1. The van der Waals surface area contributed by atoms with E-state index in [1.165, 1.54) is 24.5 Å². The molecule has 0 radical (unpaired) electrons. The molecule has 234 valence electrons. The standard InChI is InChI=1S/C28H34N8O7S/c1-14-23(26(39)29-12-15-9-10-36(2)13-15)44-27(30-14)17-5-4-6-18(22(17)43-3)31-19-11-20(32-24(37)16-7-8-16)34-35-21(19)25(38)33-28(40,41)42/h4-6,11,15-16,40-42H,7-10,12-13H2,1-3H3,(H,29,39)(H,33,38)(H2,31,32,34,37). The number of benzene rings is 1. The monoisotopic (exact) mass is 626 g/mol. The maximum Gasteiger partial charge on any atom is 0.369 e. The van der Waals surface area contributed by atoms with Gasteiger partial charge in [0.05, 0.1) is 29.7 Å². The highest BCUT2D eigenvalue weighted by Crippen LogP contribution is 2.41. The highest BCUT2D eigenvalue weighted by atomic mass is 32.1. The number of hydrogen-bond donors (Lipinski definition) is 7. The van der Waals surface area contributed by atoms with E-state index in [9.17, 15) is 29.7 Å². The van der Waals surface area contributed by atoms with Crippen molar-refractivity contribution in [2.45, 2.75) is 32.3 Å². The fourth-order valence-electron chi connectivity index (χ4n) is 4.90. The molecule has 15 nitrogen and oxygen atoms in total. The van der Waals surface area contributed by atoms with E-state index in [0.29, 0.717) is 45.0 Å². The zero-order chi connectivity index (χ0) is 31.6. The molecule has 1 aromatic carbocycles. The van der Waals surface area contributed by atoms with Crippen LogP contribution < -0.4 is 26.0 Å². The van der Waals surface area contributed by atoms with Crippen LogP contribution in [0.5, 0.6) is 5.75 Å². The molecule has 2 fully saturated rings. The number of aryl methyl sites for hydroxylation is 1. The summed E-state index contributed by atoms with van der Waals surface area (Å²) in [4.78, 5) is 45.4. The van der Waals surface area contributed by atoms with Gasteiger partial charge in [0, 0.05) is 25.1 Å². The van der Waals surface area contributed by atoms with Crippen LogP contribution in [0.2, 0.25) is 0 Å². The van der Waals surface area contributed by atoms with Gasteiger partial charge in [-0.3, -0.25) is 19.7 Å². The number of nitrogens with one attached hydrogen (secondary N) is 4. The van der Waals surface area contributed by atoms with Crippen LogP contribution in [0.1, 0.15) is 45.1 Å². The Morgan fingerprint density at radius 3 is 2.55 bits per heavy atom. The lowest BCUT2D eigenvalue weighted by Crippen LogP contribution is -2.48. The fourth-order valence-corrected chi connectivity index (χ4v) is 5.91. The number of anilines is 3. The number of carbonyl (C=O) groups is 3. The van der Waals surface area contributed by atoms with Crippen molar-refractivity contribution in [3.05, 3.63) is 40.5 Å². The molecule has 3 heterocycles. The van der Waals surface area contributed by atoms with Gasteiger partial charge in [-0.1, -0.05) is 6.07 Å². The number of carbonyl (C=O) groups excluding carboxylic acids is 3. The lowest BCUT2D eigenvalue weighted by atomic mass is 10.1. The number of methoxy groups -OCH3 is 1. The van der Waals surface area contributed by atoms with Gasteiger partial charge < -0.3 is 40.9 Å². The lowest BCUT2D eigenvalue weighted by molar-refractivity contribution is -0.323. The van der Waals surface area contributed by atoms with Crippen molar-refractivity contribution < 1.29 is 34.4 Å². The molecule has 16 heteroatoms. The minimum atomic E-state index is -3.51. The van der Waals surface area contributed by atoms with Gasteiger partial charge in [-0.15, -0.1) is 21.5 Å². The number of rotatable bonds is 11. The molecule has 0 spiro atoms. The molecule has 1 unspecified atom stereocenters. The van der Waals surface area contributed by atoms with Crippen LogP contribution >= 0.6 is 11.3 Å². The molecule has 3 aromatic rings. The summed E-state index contributed by atoms with van der Waals surface area (Å²) in [5, 5.41) is 46.4. The zero-order valence-electron chi connectivity index (χ0n) is 24.4. The van der Waals surface area contributed by atoms with Crippen molar-refractivity contribution in [1.29, 1.82) is 0 Å². The first kappa shape index (κ1) is 31.2. The molecule has 7 N–H and O–H groups in total. The molecule has 5 rings (SSSR count). The van der Waals surface area contributed by atoms with Crippen LogP contribution in [0.15, 0.2) is 24.3 Å². The molecule has 0 bridgehead atoms. The Hall–Kier alpha value is -4.22. The number of aromatic nitrogens is 3. The summed E-state index contributed by atoms with van der Waals surface area (Å²) >= 11 is 1.22. The van der Waals surface area contributed by atoms with E-state index in [-0.39, 0.29) is 29.2 Å². The number of thiazole rings is 1. The second kappa shape index (κ2) is 12.8. The fraction of sp³-hybridized carbons (Fsp3) is 0.429. The third-order valence-corrected chi connectivity index (χ3v) is 8.44. The summed E-state index contributed by atoms with van der Waals surface area (Å²) in [5.41, 5.74) is 1.09. The summed E-state index contributed by atoms with van der Waals surface area (Å²) in [6.07, 6.45) is -0.949. The summed E-state index contributed by atoms with van der Waals surface area (Å²) in [5.74, 6) is -0.939. The molecule has 1 saturated carbocycles. The van der Waals surface area contributed by atoms with E-state index in [2.05, 4.69) is 43.1 Å². The van der Waals surface area contributed by atoms with Crippen LogP contribution in [-0.2, 0) is 4.79 Å². The van der Waals surface area contributed by atoms with Crippen molar-refractivity contribution >= 4 is 46.3 Å². The number of nitrogens with zero attached hydrogens (tertiary/aromatic N) is 4. The Bertz CT molecular complexity index is 1570. The largest absolute Gasteiger partial charge is 0.494 e. The summed E-state index contributed by atoms with van der Waals surface area (Å²) < 4.78 is 5.73. The molecule has 1 atom stereocenters. The minimum absolute atomic E-state index is 0.0104. The molecule has 44 heavy (non-hydrogen) atoms. The van der Waals surface area contributed by atoms with Crippen LogP contribution in [0, 0.1) is 18.8 Å². The Kier molecular flexibility index (Phi) is 9.07. The van der Waals surface area contributed by atoms with Gasteiger partial charge in [-0.2, -0.15) is 0 Å². The number of hydrogen-bond acceptors (Lipinski definition) is 13. The molecule has 2 aromatic heterocycles. The van der Waals surface area contributed by atoms with E-state index in [4.69, 9.17) is 4.74 Å². The molecule has 1 aliphatic heterocycles. The van der Waals surface area contributed by atoms with Crippen molar-refractivity contribution in [3.8, 4) is 16.3 Å². The smallest absolute Gasteiger partial charge is 0.369 e. The first-order chi connectivity index (χ1) is 20.9. The predicted octanol–water partition coefficient (Wildman–Crippen LogP) is 1.01. The number of aliphatic hydroxyl groups is 3. The van der Waals surface area contributed by atoms with E-state index >= 15 is 0 Å². The van der Waals surface area contributed by atoms with Crippen LogP contribution in [0.25, 0.3) is 10.6 Å². The molecule has 1 aliphatic carbocycles. The van der Waals surface area contributed by atoms with E-state index in [1.54, 1.807) is 30.4 Å². The zero-order valence-corrected chi connectivity index (χ0v) is 25.2. The van der Waals surface area contributed by atoms with Crippen molar-refractivity contribution in [2.75, 3.05) is 44.4 Å². The summed E-state index contributed by atoms with van der Waals surface area (Å²) in [6, 6.07) is 6.50. The normalized spacial score (nSPS) is 16.8. The van der Waals surface area contributed by atoms with Crippen molar-refractivity contribution in [1.82, 2.24) is 30.7 Å². The van der Waals surface area contributed by atoms with Gasteiger partial charge in [0.2, 0.25) is 5.91 Å². The second-order valence-corrected chi connectivity index (χ2v) is 11.9. The molecular weight excluding hydrogens is 592 g/mol. The Morgan fingerprint density at radius 1 is 1.11 bits per heavy atom. The first-order valence-corrected chi connectivity index (χ1v) is 14.8. The Labute approximate surface area is 256 Å². The van der Waals surface area contributed by atoms with Gasteiger partial charge in [-0.25, -0.2) is 4.98 Å². The number of para-hydroxylation sites is 1. The van der Waals surface area contributed by atoms with Gasteiger partial charge >= 0.3 is 6.10 Å². The topological polar surface area (TPSA) is 211 Å². The van der Waals surface area contributed by atoms with Crippen molar-refractivity contribution in [3.63, 3.8) is 0 Å². The third kappa shape index (κ3) is 7.46. The van der Waals surface area contributed by atoms with Gasteiger partial charge in [0.25, 0.3) is 11.8 Å². The summed E-state index contributed by atoms with van der Waals surface area (Å²) in [6.45, 7) is 4.30. The van der Waals surface area contributed by atoms with Crippen molar-refractivity contribution in [2.24, 2.45) is 11.8 Å². The average molecular weight is 627 g/mol.